The molecule has 124 valence electrons. The quantitative estimate of drug-likeness (QED) is 0.557. The van der Waals surface area contributed by atoms with E-state index in [1.165, 1.54) is 23.9 Å². The van der Waals surface area contributed by atoms with Gasteiger partial charge in [-0.1, -0.05) is 54.2 Å². The standard InChI is InChI=1S/C19H15FN4S/c20-15-8-6-14(7-9-15)12-25-19-23-17(16(11-21)18(22)24-19)10-13-4-2-1-3-5-13/h1-9H,10,12H2,(H2,22,23,24). The summed E-state index contributed by atoms with van der Waals surface area (Å²) in [6, 6.07) is 18.2. The normalized spacial score (nSPS) is 10.4. The summed E-state index contributed by atoms with van der Waals surface area (Å²) in [6.07, 6.45) is 0.514. The molecule has 0 radical (unpaired) electrons. The maximum Gasteiger partial charge on any atom is 0.190 e. The first-order valence-corrected chi connectivity index (χ1v) is 8.62. The van der Waals surface area contributed by atoms with E-state index in [0.717, 1.165) is 11.1 Å². The first kappa shape index (κ1) is 16.9. The molecule has 4 nitrogen and oxygen atoms in total. The van der Waals surface area contributed by atoms with Crippen LogP contribution in [-0.4, -0.2) is 9.97 Å². The number of hydrogen-bond acceptors (Lipinski definition) is 5. The van der Waals surface area contributed by atoms with E-state index in [1.807, 2.05) is 30.3 Å². The van der Waals surface area contributed by atoms with Crippen LogP contribution in [0, 0.1) is 17.1 Å². The molecule has 0 amide bonds. The van der Waals surface area contributed by atoms with Gasteiger partial charge in [-0.3, -0.25) is 0 Å². The zero-order chi connectivity index (χ0) is 17.6. The molecule has 3 rings (SSSR count). The maximum absolute atomic E-state index is 13.0. The van der Waals surface area contributed by atoms with Crippen molar-refractivity contribution in [1.29, 1.82) is 5.26 Å². The van der Waals surface area contributed by atoms with Gasteiger partial charge in [0.2, 0.25) is 0 Å². The Balaban J connectivity index is 1.83. The lowest BCUT2D eigenvalue weighted by Gasteiger charge is -2.08. The molecule has 0 saturated heterocycles. The zero-order valence-electron chi connectivity index (χ0n) is 13.3. The van der Waals surface area contributed by atoms with Gasteiger partial charge in [0.15, 0.2) is 5.16 Å². The van der Waals surface area contributed by atoms with Gasteiger partial charge in [0, 0.05) is 12.2 Å². The first-order chi connectivity index (χ1) is 12.2. The average molecular weight is 350 g/mol. The number of aromatic nitrogens is 2. The first-order valence-electron chi connectivity index (χ1n) is 7.63. The number of thioether (sulfide) groups is 1. The van der Waals surface area contributed by atoms with E-state index in [9.17, 15) is 9.65 Å². The predicted molar refractivity (Wildman–Crippen MR) is 96.4 cm³/mol. The Morgan fingerprint density at radius 2 is 1.72 bits per heavy atom. The van der Waals surface area contributed by atoms with Crippen molar-refractivity contribution in [3.8, 4) is 6.07 Å². The summed E-state index contributed by atoms with van der Waals surface area (Å²) in [5.74, 6) is 0.513. The van der Waals surface area contributed by atoms with Crippen LogP contribution in [0.5, 0.6) is 0 Å². The van der Waals surface area contributed by atoms with Crippen molar-refractivity contribution in [2.75, 3.05) is 5.73 Å². The van der Waals surface area contributed by atoms with Gasteiger partial charge in [-0.25, -0.2) is 14.4 Å². The molecular formula is C19H15FN4S. The van der Waals surface area contributed by atoms with E-state index in [0.29, 0.717) is 28.6 Å². The number of nitrogens with zero attached hydrogens (tertiary/aromatic N) is 3. The molecule has 1 aromatic heterocycles. The van der Waals surface area contributed by atoms with Gasteiger partial charge in [-0.15, -0.1) is 0 Å². The van der Waals surface area contributed by atoms with Crippen LogP contribution in [0.3, 0.4) is 0 Å². The smallest absolute Gasteiger partial charge is 0.190 e. The summed E-state index contributed by atoms with van der Waals surface area (Å²) in [5.41, 5.74) is 8.88. The average Bonchev–Trinajstić information content (AvgIpc) is 2.62. The molecule has 6 heteroatoms. The minimum atomic E-state index is -0.266. The molecule has 0 atom stereocenters. The van der Waals surface area contributed by atoms with Gasteiger partial charge >= 0.3 is 0 Å². The molecule has 1 heterocycles. The van der Waals surface area contributed by atoms with Crippen LogP contribution in [0.2, 0.25) is 0 Å². The topological polar surface area (TPSA) is 75.6 Å². The fraction of sp³-hybridized carbons (Fsp3) is 0.105. The van der Waals surface area contributed by atoms with Crippen LogP contribution in [0.25, 0.3) is 0 Å². The molecule has 0 spiro atoms. The molecule has 2 N–H and O–H groups in total. The number of hydrogen-bond donors (Lipinski definition) is 1. The molecule has 0 aliphatic carbocycles. The Hall–Kier alpha value is -2.91. The summed E-state index contributed by atoms with van der Waals surface area (Å²) in [7, 11) is 0. The SMILES string of the molecule is N#Cc1c(N)nc(SCc2ccc(F)cc2)nc1Cc1ccccc1. The monoisotopic (exact) mass is 350 g/mol. The van der Waals surface area contributed by atoms with Gasteiger partial charge in [-0.2, -0.15) is 5.26 Å². The van der Waals surface area contributed by atoms with Crippen LogP contribution in [0.1, 0.15) is 22.4 Å². The van der Waals surface area contributed by atoms with Crippen LogP contribution < -0.4 is 5.73 Å². The highest BCUT2D eigenvalue weighted by atomic mass is 32.2. The van der Waals surface area contributed by atoms with Crippen molar-refractivity contribution in [3.63, 3.8) is 0 Å². The molecule has 0 aliphatic heterocycles. The summed E-state index contributed by atoms with van der Waals surface area (Å²) < 4.78 is 13.0. The Labute approximate surface area is 149 Å². The lowest BCUT2D eigenvalue weighted by atomic mass is 10.1. The minimum absolute atomic E-state index is 0.185. The van der Waals surface area contributed by atoms with E-state index >= 15 is 0 Å². The van der Waals surface area contributed by atoms with Crippen molar-refractivity contribution in [1.82, 2.24) is 9.97 Å². The highest BCUT2D eigenvalue weighted by molar-refractivity contribution is 7.98. The van der Waals surface area contributed by atoms with E-state index in [-0.39, 0.29) is 11.6 Å². The van der Waals surface area contributed by atoms with E-state index in [1.54, 1.807) is 12.1 Å². The fourth-order valence-corrected chi connectivity index (χ4v) is 3.16. The Morgan fingerprint density at radius 3 is 2.40 bits per heavy atom. The van der Waals surface area contributed by atoms with E-state index in [2.05, 4.69) is 16.0 Å². The molecular weight excluding hydrogens is 335 g/mol. The lowest BCUT2D eigenvalue weighted by molar-refractivity contribution is 0.627. The van der Waals surface area contributed by atoms with Gasteiger partial charge in [-0.05, 0) is 23.3 Å². The molecule has 25 heavy (non-hydrogen) atoms. The van der Waals surface area contributed by atoms with E-state index < -0.39 is 0 Å². The fourth-order valence-electron chi connectivity index (χ4n) is 2.34. The number of nitriles is 1. The number of anilines is 1. The third-order valence-electron chi connectivity index (χ3n) is 3.60. The highest BCUT2D eigenvalue weighted by Crippen LogP contribution is 2.24. The zero-order valence-corrected chi connectivity index (χ0v) is 14.1. The second kappa shape index (κ2) is 7.77. The molecule has 0 saturated carbocycles. The van der Waals surface area contributed by atoms with Crippen molar-refractivity contribution < 1.29 is 4.39 Å². The van der Waals surface area contributed by atoms with Crippen LogP contribution in [0.15, 0.2) is 59.8 Å². The Kier molecular flexibility index (Phi) is 5.26. The number of halogens is 1. The van der Waals surface area contributed by atoms with Crippen molar-refractivity contribution >= 4 is 17.6 Å². The van der Waals surface area contributed by atoms with Crippen molar-refractivity contribution in [2.45, 2.75) is 17.3 Å². The summed E-state index contributed by atoms with van der Waals surface area (Å²) in [4.78, 5) is 8.72. The van der Waals surface area contributed by atoms with Crippen LogP contribution >= 0.6 is 11.8 Å². The second-order valence-corrected chi connectivity index (χ2v) is 6.34. The summed E-state index contributed by atoms with van der Waals surface area (Å²) in [6.45, 7) is 0. The number of rotatable bonds is 5. The number of nitrogen functional groups attached to an aromatic ring is 1. The van der Waals surface area contributed by atoms with Gasteiger partial charge < -0.3 is 5.73 Å². The molecule has 0 fully saturated rings. The van der Waals surface area contributed by atoms with Gasteiger partial charge in [0.1, 0.15) is 23.3 Å². The third kappa shape index (κ3) is 4.34. The molecule has 0 bridgehead atoms. The van der Waals surface area contributed by atoms with Crippen LogP contribution in [-0.2, 0) is 12.2 Å². The Bertz CT molecular complexity index is 905. The van der Waals surface area contributed by atoms with E-state index in [4.69, 9.17) is 5.73 Å². The lowest BCUT2D eigenvalue weighted by Crippen LogP contribution is -2.06. The highest BCUT2D eigenvalue weighted by Gasteiger charge is 2.13. The molecule has 0 unspecified atom stereocenters. The van der Waals surface area contributed by atoms with Gasteiger partial charge in [0.25, 0.3) is 0 Å². The second-order valence-electron chi connectivity index (χ2n) is 5.40. The number of nitrogens with two attached hydrogens (primary N) is 1. The largest absolute Gasteiger partial charge is 0.382 e. The third-order valence-corrected chi connectivity index (χ3v) is 4.52. The Morgan fingerprint density at radius 1 is 1.00 bits per heavy atom. The van der Waals surface area contributed by atoms with Crippen LogP contribution in [0.4, 0.5) is 10.2 Å². The molecule has 3 aromatic rings. The minimum Gasteiger partial charge on any atom is -0.382 e. The van der Waals surface area contributed by atoms with Crippen molar-refractivity contribution in [3.05, 3.63) is 82.8 Å². The summed E-state index contributed by atoms with van der Waals surface area (Å²) >= 11 is 1.40. The predicted octanol–water partition coefficient (Wildman–Crippen LogP) is 3.95. The maximum atomic E-state index is 13.0. The number of benzene rings is 2. The molecule has 0 aliphatic rings. The van der Waals surface area contributed by atoms with Crippen molar-refractivity contribution in [2.24, 2.45) is 0 Å². The summed E-state index contributed by atoms with van der Waals surface area (Å²) in [5, 5.41) is 9.86. The van der Waals surface area contributed by atoms with Gasteiger partial charge in [0.05, 0.1) is 5.69 Å². The molecule has 2 aromatic carbocycles.